The van der Waals surface area contributed by atoms with Gasteiger partial charge in [-0.1, -0.05) is 59.4 Å². The van der Waals surface area contributed by atoms with Gasteiger partial charge in [0.05, 0.1) is 4.92 Å². The summed E-state index contributed by atoms with van der Waals surface area (Å²) >= 11 is 1.45. The zero-order chi connectivity index (χ0) is 27.9. The number of carbonyl (C=O) groups excluding carboxylic acids is 3. The number of ketones is 2. The van der Waals surface area contributed by atoms with Crippen LogP contribution in [0.25, 0.3) is 0 Å². The number of Topliss-reactive ketones (excluding diaryl/α,β-unsaturated/α-hetero) is 1. The summed E-state index contributed by atoms with van der Waals surface area (Å²) in [5.74, 6) is -1.34. The smallest absolute Gasteiger partial charge is 0.318 e. The number of hydrogen-bond donors (Lipinski definition) is 0. The van der Waals surface area contributed by atoms with Crippen LogP contribution >= 0.6 is 11.8 Å². The Morgan fingerprint density at radius 3 is 1.90 bits per heavy atom. The summed E-state index contributed by atoms with van der Waals surface area (Å²) in [6.45, 7) is 2.64. The number of nitro groups is 1. The fourth-order valence-corrected chi connectivity index (χ4v) is 4.59. The van der Waals surface area contributed by atoms with E-state index in [4.69, 9.17) is 4.84 Å². The summed E-state index contributed by atoms with van der Waals surface area (Å²) in [4.78, 5) is 54.7. The number of oxime groups is 1. The molecule has 39 heavy (non-hydrogen) atoms. The second-order valence-corrected chi connectivity index (χ2v) is 9.55. The van der Waals surface area contributed by atoms with Crippen LogP contribution in [0.1, 0.15) is 44.3 Å². The van der Waals surface area contributed by atoms with Crippen LogP contribution in [0.15, 0.2) is 112 Å². The molecule has 0 fully saturated rings. The van der Waals surface area contributed by atoms with Crippen molar-refractivity contribution in [2.45, 2.75) is 23.6 Å². The fraction of sp³-hybridized carbons (Fsp3) is 0.0667. The van der Waals surface area contributed by atoms with Crippen LogP contribution in [0, 0.1) is 17.0 Å². The number of nitrogens with zero attached hydrogens (tertiary/aromatic N) is 2. The highest BCUT2D eigenvalue weighted by Crippen LogP contribution is 2.29. The highest BCUT2D eigenvalue weighted by molar-refractivity contribution is 7.99. The van der Waals surface area contributed by atoms with Gasteiger partial charge in [-0.3, -0.25) is 19.7 Å². The minimum Gasteiger partial charge on any atom is -0.318 e. The Kier molecular flexibility index (Phi) is 8.43. The Labute approximate surface area is 228 Å². The Morgan fingerprint density at radius 1 is 0.769 bits per heavy atom. The minimum atomic E-state index is -0.730. The lowest BCUT2D eigenvalue weighted by atomic mass is 9.96. The van der Waals surface area contributed by atoms with Crippen LogP contribution in [-0.4, -0.2) is 28.2 Å². The molecule has 4 aromatic rings. The second-order valence-electron chi connectivity index (χ2n) is 8.40. The average molecular weight is 539 g/mol. The molecule has 8 nitrogen and oxygen atoms in total. The molecular formula is C30H22N2O6S. The Bertz CT molecular complexity index is 1580. The van der Waals surface area contributed by atoms with Crippen LogP contribution in [0.3, 0.4) is 0 Å². The van der Waals surface area contributed by atoms with E-state index in [1.165, 1.54) is 36.9 Å². The van der Waals surface area contributed by atoms with E-state index in [-0.39, 0.29) is 33.9 Å². The fourth-order valence-electron chi connectivity index (χ4n) is 3.78. The molecule has 0 heterocycles. The topological polar surface area (TPSA) is 116 Å². The molecule has 0 atom stereocenters. The number of rotatable bonds is 9. The minimum absolute atomic E-state index is 0.0554. The first-order valence-corrected chi connectivity index (χ1v) is 12.6. The van der Waals surface area contributed by atoms with Gasteiger partial charge in [-0.05, 0) is 55.5 Å². The number of nitro benzene ring substituents is 1. The number of hydrogen-bond acceptors (Lipinski definition) is 8. The van der Waals surface area contributed by atoms with Crippen LogP contribution in [-0.2, 0) is 9.63 Å². The summed E-state index contributed by atoms with van der Waals surface area (Å²) in [5, 5.41) is 15.1. The molecule has 4 aromatic carbocycles. The van der Waals surface area contributed by atoms with E-state index in [9.17, 15) is 24.5 Å². The van der Waals surface area contributed by atoms with E-state index in [1.807, 2.05) is 30.3 Å². The van der Waals surface area contributed by atoms with Crippen LogP contribution in [0.4, 0.5) is 5.69 Å². The van der Waals surface area contributed by atoms with E-state index in [0.29, 0.717) is 11.1 Å². The molecule has 0 saturated carbocycles. The van der Waals surface area contributed by atoms with E-state index < -0.39 is 16.7 Å². The van der Waals surface area contributed by atoms with Crippen LogP contribution < -0.4 is 0 Å². The van der Waals surface area contributed by atoms with Crippen molar-refractivity contribution in [1.82, 2.24) is 0 Å². The standard InChI is InChI=1S/C30H22N2O6S/c1-19-26(9-6-10-27(19)32(36)37)28(31-38-20(2)33)30(35)23-13-17-25(18-14-23)39-24-15-11-22(12-16-24)29(34)21-7-4-3-5-8-21/h3-18H,1-2H3/b31-28-. The van der Waals surface area contributed by atoms with Gasteiger partial charge in [0, 0.05) is 50.6 Å². The first-order valence-electron chi connectivity index (χ1n) is 11.8. The predicted octanol–water partition coefficient (Wildman–Crippen LogP) is 6.44. The quantitative estimate of drug-likeness (QED) is 0.0792. The van der Waals surface area contributed by atoms with E-state index in [2.05, 4.69) is 5.16 Å². The molecule has 0 saturated heterocycles. The first-order chi connectivity index (χ1) is 18.7. The van der Waals surface area contributed by atoms with Crippen molar-refractivity contribution in [2.75, 3.05) is 0 Å². The molecule has 0 bridgehead atoms. The molecule has 0 spiro atoms. The SMILES string of the molecule is CC(=O)O/N=C(\C(=O)c1ccc(Sc2ccc(C(=O)c3ccccc3)cc2)cc1)c1cccc([N+](=O)[O-])c1C. The average Bonchev–Trinajstić information content (AvgIpc) is 2.94. The van der Waals surface area contributed by atoms with Crippen molar-refractivity contribution in [1.29, 1.82) is 0 Å². The first kappa shape index (κ1) is 27.2. The summed E-state index contributed by atoms with van der Waals surface area (Å²) < 4.78 is 0. The predicted molar refractivity (Wildman–Crippen MR) is 147 cm³/mol. The maximum atomic E-state index is 13.3. The maximum absolute atomic E-state index is 13.3. The molecular weight excluding hydrogens is 516 g/mol. The van der Waals surface area contributed by atoms with E-state index in [1.54, 1.807) is 48.5 Å². The largest absolute Gasteiger partial charge is 0.332 e. The summed E-state index contributed by atoms with van der Waals surface area (Å²) in [7, 11) is 0. The summed E-state index contributed by atoms with van der Waals surface area (Å²) in [6.07, 6.45) is 0. The van der Waals surface area contributed by atoms with Crippen molar-refractivity contribution < 1.29 is 24.1 Å². The van der Waals surface area contributed by atoms with Crippen molar-refractivity contribution >= 4 is 40.7 Å². The van der Waals surface area contributed by atoms with Gasteiger partial charge in [0.25, 0.3) is 5.69 Å². The van der Waals surface area contributed by atoms with Gasteiger partial charge in [0.1, 0.15) is 0 Å². The van der Waals surface area contributed by atoms with Gasteiger partial charge in [-0.25, -0.2) is 4.79 Å². The Morgan fingerprint density at radius 2 is 1.33 bits per heavy atom. The second kappa shape index (κ2) is 12.1. The molecule has 0 aromatic heterocycles. The molecule has 9 heteroatoms. The molecule has 0 amide bonds. The van der Waals surface area contributed by atoms with Crippen molar-refractivity contribution in [2.24, 2.45) is 5.16 Å². The van der Waals surface area contributed by atoms with Gasteiger partial charge in [-0.2, -0.15) is 0 Å². The highest BCUT2D eigenvalue weighted by Gasteiger charge is 2.24. The van der Waals surface area contributed by atoms with Crippen molar-refractivity contribution in [3.05, 3.63) is 135 Å². The van der Waals surface area contributed by atoms with Crippen LogP contribution in [0.5, 0.6) is 0 Å². The summed E-state index contributed by atoms with van der Waals surface area (Å²) in [6, 6.07) is 27.3. The van der Waals surface area contributed by atoms with Gasteiger partial charge in [0.15, 0.2) is 11.5 Å². The van der Waals surface area contributed by atoms with Gasteiger partial charge >= 0.3 is 5.97 Å². The monoisotopic (exact) mass is 538 g/mol. The molecule has 0 aliphatic heterocycles. The Hall–Kier alpha value is -4.89. The number of benzene rings is 4. The lowest BCUT2D eigenvalue weighted by Crippen LogP contribution is -2.18. The van der Waals surface area contributed by atoms with Gasteiger partial charge < -0.3 is 4.84 Å². The third kappa shape index (κ3) is 6.52. The number of carbonyl (C=O) groups is 3. The zero-order valence-corrected chi connectivity index (χ0v) is 21.8. The molecule has 0 unspecified atom stereocenters. The van der Waals surface area contributed by atoms with Crippen LogP contribution in [0.2, 0.25) is 0 Å². The molecule has 0 N–H and O–H groups in total. The molecule has 194 valence electrons. The third-order valence-electron chi connectivity index (χ3n) is 5.74. The summed E-state index contributed by atoms with van der Waals surface area (Å²) in [5.41, 5.74) is 1.49. The molecule has 0 aliphatic carbocycles. The zero-order valence-electron chi connectivity index (χ0n) is 21.0. The van der Waals surface area contributed by atoms with E-state index in [0.717, 1.165) is 16.7 Å². The van der Waals surface area contributed by atoms with Crippen molar-refractivity contribution in [3.8, 4) is 0 Å². The van der Waals surface area contributed by atoms with Gasteiger partial charge in [-0.15, -0.1) is 0 Å². The Balaban J connectivity index is 1.53. The lowest BCUT2D eigenvalue weighted by Gasteiger charge is -2.10. The molecule has 0 radical (unpaired) electrons. The maximum Gasteiger partial charge on any atom is 0.332 e. The lowest BCUT2D eigenvalue weighted by molar-refractivity contribution is -0.385. The third-order valence-corrected chi connectivity index (χ3v) is 6.76. The van der Waals surface area contributed by atoms with Gasteiger partial charge in [0.2, 0.25) is 5.78 Å². The van der Waals surface area contributed by atoms with E-state index >= 15 is 0 Å². The molecule has 4 rings (SSSR count). The highest BCUT2D eigenvalue weighted by atomic mass is 32.2. The van der Waals surface area contributed by atoms with Crippen molar-refractivity contribution in [3.63, 3.8) is 0 Å². The normalized spacial score (nSPS) is 11.1. The molecule has 0 aliphatic rings.